The minimum atomic E-state index is -0.351. The van der Waals surface area contributed by atoms with Crippen LogP contribution in [0, 0.1) is 0 Å². The zero-order chi connectivity index (χ0) is 9.84. The number of rotatable bonds is 4. The highest BCUT2D eigenvalue weighted by Crippen LogP contribution is 2.15. The fraction of sp³-hybridized carbons (Fsp3) is 0.333. The van der Waals surface area contributed by atoms with Gasteiger partial charge in [-0.3, -0.25) is 14.5 Å². The lowest BCUT2D eigenvalue weighted by Gasteiger charge is -2.11. The Kier molecular flexibility index (Phi) is 2.97. The second-order valence-corrected chi connectivity index (χ2v) is 2.68. The summed E-state index contributed by atoms with van der Waals surface area (Å²) in [7, 11) is 0. The molecule has 1 heterocycles. The van der Waals surface area contributed by atoms with Crippen molar-refractivity contribution in [3.63, 3.8) is 0 Å². The molecule has 0 aromatic carbocycles. The first-order chi connectivity index (χ1) is 6.20. The molecule has 0 aliphatic carbocycles. The van der Waals surface area contributed by atoms with E-state index in [0.29, 0.717) is 12.0 Å². The molecule has 0 saturated heterocycles. The Labute approximate surface area is 76.2 Å². The molecule has 0 saturated carbocycles. The maximum Gasteiger partial charge on any atom is 0.257 e. The molecule has 2 amide bonds. The largest absolute Gasteiger partial charge is 0.395 e. The summed E-state index contributed by atoms with van der Waals surface area (Å²) in [4.78, 5) is 23.5. The quantitative estimate of drug-likeness (QED) is 0.484. The van der Waals surface area contributed by atoms with Gasteiger partial charge in [-0.25, -0.2) is 0 Å². The normalized spacial score (nSPS) is 16.4. The summed E-state index contributed by atoms with van der Waals surface area (Å²) in [6, 6.07) is 0. The molecule has 0 fully saturated rings. The lowest BCUT2D eigenvalue weighted by molar-refractivity contribution is -0.137. The standard InChI is InChI=1S/C9H11NO3/c1-2-3-7-6-8(12)10(4-5-11)9(7)13/h2,6,11H,1,3-5H2. The lowest BCUT2D eigenvalue weighted by atomic mass is 10.2. The summed E-state index contributed by atoms with van der Waals surface area (Å²) in [5.41, 5.74) is 0.438. The molecule has 1 aliphatic heterocycles. The molecule has 70 valence electrons. The van der Waals surface area contributed by atoms with Crippen LogP contribution >= 0.6 is 0 Å². The third kappa shape index (κ3) is 1.84. The smallest absolute Gasteiger partial charge is 0.257 e. The Hall–Kier alpha value is -1.42. The van der Waals surface area contributed by atoms with Crippen LogP contribution in [0.4, 0.5) is 0 Å². The second kappa shape index (κ2) is 4.00. The molecule has 0 atom stereocenters. The van der Waals surface area contributed by atoms with Crippen molar-refractivity contribution in [3.8, 4) is 0 Å². The van der Waals surface area contributed by atoms with Gasteiger partial charge in [-0.15, -0.1) is 6.58 Å². The zero-order valence-corrected chi connectivity index (χ0v) is 7.19. The van der Waals surface area contributed by atoms with Gasteiger partial charge in [0.05, 0.1) is 13.2 Å². The van der Waals surface area contributed by atoms with Crippen LogP contribution in [0.3, 0.4) is 0 Å². The molecule has 0 aromatic rings. The SMILES string of the molecule is C=CCC1=CC(=O)N(CCO)C1=O. The number of carbonyl (C=O) groups is 2. The van der Waals surface area contributed by atoms with Gasteiger partial charge in [0.2, 0.25) is 0 Å². The Bertz CT molecular complexity index is 281. The van der Waals surface area contributed by atoms with Crippen molar-refractivity contribution < 1.29 is 14.7 Å². The van der Waals surface area contributed by atoms with E-state index in [-0.39, 0.29) is 25.0 Å². The zero-order valence-electron chi connectivity index (χ0n) is 7.19. The number of amides is 2. The van der Waals surface area contributed by atoms with E-state index >= 15 is 0 Å². The summed E-state index contributed by atoms with van der Waals surface area (Å²) < 4.78 is 0. The Morgan fingerprint density at radius 3 is 2.77 bits per heavy atom. The van der Waals surface area contributed by atoms with Gasteiger partial charge in [-0.1, -0.05) is 6.08 Å². The number of aliphatic hydroxyl groups is 1. The number of hydrogen-bond acceptors (Lipinski definition) is 3. The average Bonchev–Trinajstić information content (AvgIpc) is 2.34. The summed E-state index contributed by atoms with van der Waals surface area (Å²) in [5, 5.41) is 8.59. The average molecular weight is 181 g/mol. The molecule has 1 aliphatic rings. The van der Waals surface area contributed by atoms with Gasteiger partial charge in [-0.05, 0) is 6.42 Å². The fourth-order valence-corrected chi connectivity index (χ4v) is 1.18. The highest BCUT2D eigenvalue weighted by atomic mass is 16.3. The number of imide groups is 1. The maximum atomic E-state index is 11.4. The number of allylic oxidation sites excluding steroid dienone is 1. The molecule has 0 bridgehead atoms. The van der Waals surface area contributed by atoms with Crippen molar-refractivity contribution in [3.05, 3.63) is 24.3 Å². The molecule has 0 aromatic heterocycles. The first-order valence-electron chi connectivity index (χ1n) is 3.99. The van der Waals surface area contributed by atoms with Gasteiger partial charge >= 0.3 is 0 Å². The molecule has 0 unspecified atom stereocenters. The molecular weight excluding hydrogens is 170 g/mol. The van der Waals surface area contributed by atoms with Gasteiger partial charge in [-0.2, -0.15) is 0 Å². The monoisotopic (exact) mass is 181 g/mol. The predicted molar refractivity (Wildman–Crippen MR) is 46.7 cm³/mol. The van der Waals surface area contributed by atoms with Crippen LogP contribution in [0.1, 0.15) is 6.42 Å². The van der Waals surface area contributed by atoms with Crippen LogP contribution in [-0.2, 0) is 9.59 Å². The van der Waals surface area contributed by atoms with E-state index in [1.807, 2.05) is 0 Å². The van der Waals surface area contributed by atoms with E-state index in [9.17, 15) is 9.59 Å². The first-order valence-corrected chi connectivity index (χ1v) is 3.99. The van der Waals surface area contributed by atoms with Gasteiger partial charge in [0, 0.05) is 11.6 Å². The van der Waals surface area contributed by atoms with Crippen LogP contribution in [-0.4, -0.2) is 35.0 Å². The molecule has 4 nitrogen and oxygen atoms in total. The topological polar surface area (TPSA) is 57.6 Å². The van der Waals surface area contributed by atoms with E-state index in [4.69, 9.17) is 5.11 Å². The third-order valence-corrected chi connectivity index (χ3v) is 1.77. The highest BCUT2D eigenvalue weighted by molar-refractivity contribution is 6.16. The number of hydrogen-bond donors (Lipinski definition) is 1. The molecule has 1 N–H and O–H groups in total. The Balaban J connectivity index is 2.73. The number of aliphatic hydroxyl groups excluding tert-OH is 1. The maximum absolute atomic E-state index is 11.4. The molecule has 0 radical (unpaired) electrons. The van der Waals surface area contributed by atoms with E-state index in [1.54, 1.807) is 6.08 Å². The van der Waals surface area contributed by atoms with E-state index in [0.717, 1.165) is 4.90 Å². The Morgan fingerprint density at radius 2 is 2.23 bits per heavy atom. The van der Waals surface area contributed by atoms with Crippen LogP contribution in [0.5, 0.6) is 0 Å². The summed E-state index contributed by atoms with van der Waals surface area (Å²) in [6.45, 7) is 3.35. The fourth-order valence-electron chi connectivity index (χ4n) is 1.18. The van der Waals surface area contributed by atoms with E-state index in [1.165, 1.54) is 6.08 Å². The number of β-amino-alcohol motifs (C(OH)–C–C–N with tert-alkyl or cyclic N) is 1. The highest BCUT2D eigenvalue weighted by Gasteiger charge is 2.29. The number of carbonyl (C=O) groups excluding carboxylic acids is 2. The molecule has 0 spiro atoms. The van der Waals surface area contributed by atoms with E-state index in [2.05, 4.69) is 6.58 Å². The van der Waals surface area contributed by atoms with Gasteiger partial charge in [0.25, 0.3) is 11.8 Å². The van der Waals surface area contributed by atoms with Crippen LogP contribution < -0.4 is 0 Å². The van der Waals surface area contributed by atoms with Crippen LogP contribution in [0.2, 0.25) is 0 Å². The van der Waals surface area contributed by atoms with Crippen molar-refractivity contribution in [2.45, 2.75) is 6.42 Å². The van der Waals surface area contributed by atoms with Crippen molar-refractivity contribution in [1.82, 2.24) is 4.90 Å². The van der Waals surface area contributed by atoms with Crippen molar-refractivity contribution >= 4 is 11.8 Å². The van der Waals surface area contributed by atoms with Crippen molar-refractivity contribution in [1.29, 1.82) is 0 Å². The van der Waals surface area contributed by atoms with Gasteiger partial charge < -0.3 is 5.11 Å². The second-order valence-electron chi connectivity index (χ2n) is 2.68. The molecule has 13 heavy (non-hydrogen) atoms. The number of nitrogens with zero attached hydrogens (tertiary/aromatic N) is 1. The van der Waals surface area contributed by atoms with Crippen LogP contribution in [0.15, 0.2) is 24.3 Å². The predicted octanol–water partition coefficient (Wildman–Crippen LogP) is -0.150. The van der Waals surface area contributed by atoms with Crippen LogP contribution in [0.25, 0.3) is 0 Å². The Morgan fingerprint density at radius 1 is 1.54 bits per heavy atom. The minimum absolute atomic E-state index is 0.0643. The molecular formula is C9H11NO3. The van der Waals surface area contributed by atoms with Crippen molar-refractivity contribution in [2.75, 3.05) is 13.2 Å². The first kappa shape index (κ1) is 9.67. The molecule has 4 heteroatoms. The van der Waals surface area contributed by atoms with E-state index < -0.39 is 0 Å². The van der Waals surface area contributed by atoms with Gasteiger partial charge in [0.1, 0.15) is 0 Å². The third-order valence-electron chi connectivity index (χ3n) is 1.77. The minimum Gasteiger partial charge on any atom is -0.395 e. The van der Waals surface area contributed by atoms with Gasteiger partial charge in [0.15, 0.2) is 0 Å². The summed E-state index contributed by atoms with van der Waals surface area (Å²) in [5.74, 6) is -0.671. The lowest BCUT2D eigenvalue weighted by Crippen LogP contribution is -2.33. The van der Waals surface area contributed by atoms with Crippen molar-refractivity contribution in [2.24, 2.45) is 0 Å². The summed E-state index contributed by atoms with van der Waals surface area (Å²) >= 11 is 0. The summed E-state index contributed by atoms with van der Waals surface area (Å²) in [6.07, 6.45) is 3.26. The molecule has 1 rings (SSSR count).